The van der Waals surface area contributed by atoms with E-state index in [0.717, 1.165) is 26.2 Å². The second-order valence-electron chi connectivity index (χ2n) is 6.92. The van der Waals surface area contributed by atoms with Crippen molar-refractivity contribution in [1.29, 1.82) is 0 Å². The van der Waals surface area contributed by atoms with Crippen LogP contribution in [0, 0.1) is 11.3 Å². The molecule has 2 fully saturated rings. The minimum Gasteiger partial charge on any atom is -0.380 e. The topological polar surface area (TPSA) is 80.2 Å². The Balaban J connectivity index is 1.40. The summed E-state index contributed by atoms with van der Waals surface area (Å²) in [4.78, 5) is 18.9. The van der Waals surface area contributed by atoms with E-state index in [1.165, 1.54) is 18.0 Å². The number of carbonyl (C=O) groups is 1. The quantitative estimate of drug-likeness (QED) is 0.866. The van der Waals surface area contributed by atoms with E-state index in [-0.39, 0.29) is 11.3 Å². The monoisotopic (exact) mass is 339 g/mol. The average molecular weight is 339 g/mol. The van der Waals surface area contributed by atoms with E-state index in [1.807, 2.05) is 12.3 Å². The van der Waals surface area contributed by atoms with Crippen LogP contribution >= 0.6 is 0 Å². The van der Waals surface area contributed by atoms with Gasteiger partial charge in [0.1, 0.15) is 0 Å². The van der Waals surface area contributed by atoms with E-state index < -0.39 is 0 Å². The molecule has 0 saturated carbocycles. The van der Waals surface area contributed by atoms with E-state index in [9.17, 15) is 4.79 Å². The molecule has 7 heteroatoms. The molecule has 2 aliphatic heterocycles. The highest BCUT2D eigenvalue weighted by Crippen LogP contribution is 2.41. The SMILES string of the molecule is O=C(NC[C@@]12COC[C@@H]1CN(Cc1cccnc1)C2)c1ccnnc1. The van der Waals surface area contributed by atoms with Crippen LogP contribution in [0.1, 0.15) is 15.9 Å². The molecular weight excluding hydrogens is 318 g/mol. The van der Waals surface area contributed by atoms with Crippen molar-refractivity contribution >= 4 is 5.91 Å². The first kappa shape index (κ1) is 16.1. The van der Waals surface area contributed by atoms with Gasteiger partial charge in [-0.2, -0.15) is 10.2 Å². The third kappa shape index (κ3) is 3.38. The average Bonchev–Trinajstić information content (AvgIpc) is 3.18. The van der Waals surface area contributed by atoms with Crippen LogP contribution in [0.15, 0.2) is 43.0 Å². The van der Waals surface area contributed by atoms with Crippen molar-refractivity contribution in [2.75, 3.05) is 32.8 Å². The zero-order chi connectivity index (χ0) is 17.1. The van der Waals surface area contributed by atoms with Crippen LogP contribution in [0.5, 0.6) is 0 Å². The fraction of sp³-hybridized carbons (Fsp3) is 0.444. The highest BCUT2D eigenvalue weighted by molar-refractivity contribution is 5.93. The van der Waals surface area contributed by atoms with Gasteiger partial charge >= 0.3 is 0 Å². The summed E-state index contributed by atoms with van der Waals surface area (Å²) in [5.74, 6) is 0.334. The molecule has 4 rings (SSSR count). The molecule has 7 nitrogen and oxygen atoms in total. The molecule has 0 radical (unpaired) electrons. The molecule has 2 aromatic rings. The van der Waals surface area contributed by atoms with Crippen LogP contribution in [0.2, 0.25) is 0 Å². The molecule has 2 aromatic heterocycles. The Hall–Kier alpha value is -2.38. The second-order valence-corrected chi connectivity index (χ2v) is 6.92. The van der Waals surface area contributed by atoms with E-state index in [1.54, 1.807) is 12.3 Å². The number of fused-ring (bicyclic) bond motifs is 1. The Labute approximate surface area is 146 Å². The van der Waals surface area contributed by atoms with Gasteiger partial charge in [-0.1, -0.05) is 6.07 Å². The zero-order valence-corrected chi connectivity index (χ0v) is 14.0. The first-order valence-electron chi connectivity index (χ1n) is 8.49. The first-order valence-corrected chi connectivity index (χ1v) is 8.49. The summed E-state index contributed by atoms with van der Waals surface area (Å²) in [5.41, 5.74) is 1.73. The Kier molecular flexibility index (Phi) is 4.42. The maximum absolute atomic E-state index is 12.3. The largest absolute Gasteiger partial charge is 0.380 e. The smallest absolute Gasteiger partial charge is 0.252 e. The number of hydrogen-bond acceptors (Lipinski definition) is 6. The van der Waals surface area contributed by atoms with Crippen LogP contribution in [0.25, 0.3) is 0 Å². The minimum atomic E-state index is -0.111. The van der Waals surface area contributed by atoms with Crippen LogP contribution in [0.4, 0.5) is 0 Å². The molecule has 2 atom stereocenters. The fourth-order valence-corrected chi connectivity index (χ4v) is 3.85. The Morgan fingerprint density at radius 1 is 1.32 bits per heavy atom. The molecule has 130 valence electrons. The number of nitrogens with one attached hydrogen (secondary N) is 1. The molecule has 0 aromatic carbocycles. The molecule has 0 bridgehead atoms. The van der Waals surface area contributed by atoms with Gasteiger partial charge in [0.05, 0.1) is 31.2 Å². The van der Waals surface area contributed by atoms with Gasteiger partial charge in [-0.05, 0) is 17.7 Å². The molecule has 1 N–H and O–H groups in total. The number of carbonyl (C=O) groups excluding carboxylic acids is 1. The van der Waals surface area contributed by atoms with Crippen molar-refractivity contribution in [3.8, 4) is 0 Å². The second kappa shape index (κ2) is 6.85. The third-order valence-corrected chi connectivity index (χ3v) is 5.17. The number of aromatic nitrogens is 3. The van der Waals surface area contributed by atoms with Crippen molar-refractivity contribution in [3.05, 3.63) is 54.1 Å². The van der Waals surface area contributed by atoms with E-state index >= 15 is 0 Å². The lowest BCUT2D eigenvalue weighted by Gasteiger charge is -2.27. The Morgan fingerprint density at radius 3 is 3.08 bits per heavy atom. The highest BCUT2D eigenvalue weighted by atomic mass is 16.5. The summed E-state index contributed by atoms with van der Waals surface area (Å²) in [7, 11) is 0. The van der Waals surface area contributed by atoms with Crippen LogP contribution in [-0.2, 0) is 11.3 Å². The molecule has 0 spiro atoms. The van der Waals surface area contributed by atoms with Gasteiger partial charge in [0.2, 0.25) is 0 Å². The highest BCUT2D eigenvalue weighted by Gasteiger charge is 2.50. The van der Waals surface area contributed by atoms with Gasteiger partial charge in [0.25, 0.3) is 5.91 Å². The lowest BCUT2D eigenvalue weighted by Crippen LogP contribution is -2.43. The lowest BCUT2D eigenvalue weighted by atomic mass is 9.81. The van der Waals surface area contributed by atoms with Crippen molar-refractivity contribution in [2.24, 2.45) is 11.3 Å². The predicted molar refractivity (Wildman–Crippen MR) is 90.6 cm³/mol. The first-order chi connectivity index (χ1) is 12.3. The fourth-order valence-electron chi connectivity index (χ4n) is 3.85. The zero-order valence-electron chi connectivity index (χ0n) is 14.0. The molecule has 4 heterocycles. The predicted octanol–water partition coefficient (Wildman–Crippen LogP) is 0.750. The summed E-state index contributed by atoms with van der Waals surface area (Å²) in [6, 6.07) is 5.74. The normalized spacial score (nSPS) is 25.7. The number of hydrogen-bond donors (Lipinski definition) is 1. The molecule has 1 amide bonds. The van der Waals surface area contributed by atoms with Crippen LogP contribution < -0.4 is 5.32 Å². The summed E-state index contributed by atoms with van der Waals surface area (Å²) in [5, 5.41) is 10.5. The van der Waals surface area contributed by atoms with Gasteiger partial charge in [-0.15, -0.1) is 0 Å². The standard InChI is InChI=1S/C18H21N5O2/c24-17(15-3-5-21-22-7-15)20-11-18-12-23(9-16(18)10-25-13-18)8-14-2-1-4-19-6-14/h1-7,16H,8-13H2,(H,20,24)/t16-,18+/m0/s1. The van der Waals surface area contributed by atoms with Crippen molar-refractivity contribution in [1.82, 2.24) is 25.4 Å². The summed E-state index contributed by atoms with van der Waals surface area (Å²) in [6.45, 7) is 4.85. The van der Waals surface area contributed by atoms with Gasteiger partial charge in [-0.25, -0.2) is 0 Å². The van der Waals surface area contributed by atoms with Crippen LogP contribution in [-0.4, -0.2) is 58.8 Å². The number of ether oxygens (including phenoxy) is 1. The van der Waals surface area contributed by atoms with Gasteiger partial charge in [0, 0.05) is 49.9 Å². The van der Waals surface area contributed by atoms with Gasteiger partial charge in [-0.3, -0.25) is 14.7 Å². The van der Waals surface area contributed by atoms with Crippen molar-refractivity contribution in [3.63, 3.8) is 0 Å². The Morgan fingerprint density at radius 2 is 2.28 bits per heavy atom. The molecule has 0 unspecified atom stereocenters. The maximum atomic E-state index is 12.3. The van der Waals surface area contributed by atoms with E-state index in [0.29, 0.717) is 24.6 Å². The molecular formula is C18H21N5O2. The molecule has 25 heavy (non-hydrogen) atoms. The maximum Gasteiger partial charge on any atom is 0.252 e. The molecule has 2 saturated heterocycles. The number of nitrogens with zero attached hydrogens (tertiary/aromatic N) is 4. The van der Waals surface area contributed by atoms with Crippen molar-refractivity contribution < 1.29 is 9.53 Å². The number of amides is 1. The number of likely N-dealkylation sites (tertiary alicyclic amines) is 1. The van der Waals surface area contributed by atoms with Crippen LogP contribution in [0.3, 0.4) is 0 Å². The molecule has 2 aliphatic rings. The lowest BCUT2D eigenvalue weighted by molar-refractivity contribution is 0.0903. The van der Waals surface area contributed by atoms with Crippen molar-refractivity contribution in [2.45, 2.75) is 6.54 Å². The van der Waals surface area contributed by atoms with E-state index in [4.69, 9.17) is 4.74 Å². The number of pyridine rings is 1. The summed E-state index contributed by atoms with van der Waals surface area (Å²) in [6.07, 6.45) is 6.72. The van der Waals surface area contributed by atoms with Gasteiger partial charge in [0.15, 0.2) is 0 Å². The van der Waals surface area contributed by atoms with E-state index in [2.05, 4.69) is 31.5 Å². The third-order valence-electron chi connectivity index (χ3n) is 5.17. The minimum absolute atomic E-state index is 0.0155. The molecule has 0 aliphatic carbocycles. The number of rotatable bonds is 5. The Bertz CT molecular complexity index is 727. The summed E-state index contributed by atoms with van der Waals surface area (Å²) >= 11 is 0. The summed E-state index contributed by atoms with van der Waals surface area (Å²) < 4.78 is 5.74. The van der Waals surface area contributed by atoms with Gasteiger partial charge < -0.3 is 10.1 Å².